The van der Waals surface area contributed by atoms with Gasteiger partial charge in [-0.3, -0.25) is 10.9 Å². The summed E-state index contributed by atoms with van der Waals surface area (Å²) in [6.45, 7) is 0. The zero-order valence-corrected chi connectivity index (χ0v) is 5.81. The fourth-order valence-corrected chi connectivity index (χ4v) is 0.337. The van der Waals surface area contributed by atoms with Gasteiger partial charge in [-0.1, -0.05) is 0 Å². The van der Waals surface area contributed by atoms with Crippen LogP contribution in [0.15, 0.2) is 0 Å². The van der Waals surface area contributed by atoms with Gasteiger partial charge in [0.2, 0.25) is 0 Å². The van der Waals surface area contributed by atoms with E-state index in [2.05, 4.69) is 17.6 Å². The summed E-state index contributed by atoms with van der Waals surface area (Å²) in [7, 11) is 0. The standard InChI is InChI=1S/C2H8N6OS/c3-1(10)7-8(5)2(9)6-4/h4-5H2,(H,6,9)(H3,3,7,10). The van der Waals surface area contributed by atoms with E-state index in [1.807, 2.05) is 0 Å². The Hall–Kier alpha value is -1.12. The average Bonchev–Trinajstić information content (AvgIpc) is 1.85. The molecular formula is C2H8N6OS. The van der Waals surface area contributed by atoms with Gasteiger partial charge >= 0.3 is 6.03 Å². The molecule has 0 aliphatic carbocycles. The lowest BCUT2D eigenvalue weighted by Gasteiger charge is -2.15. The number of hydrogen-bond acceptors (Lipinski definition) is 4. The lowest BCUT2D eigenvalue weighted by Crippen LogP contribution is -2.57. The molecule has 0 saturated carbocycles. The predicted molar refractivity (Wildman–Crippen MR) is 38.7 cm³/mol. The quantitative estimate of drug-likeness (QED) is 0.117. The SMILES string of the molecule is NNC(=O)N(N)NC(N)=S. The Balaban J connectivity index is 3.72. The number of hydrazine groups is 3. The summed E-state index contributed by atoms with van der Waals surface area (Å²) in [4.78, 5) is 10.4. The number of rotatable bonds is 0. The predicted octanol–water partition coefficient (Wildman–Crippen LogP) is -2.51. The third kappa shape index (κ3) is 3.02. The van der Waals surface area contributed by atoms with Crippen LogP contribution in [-0.2, 0) is 0 Å². The molecule has 0 aliphatic heterocycles. The Morgan fingerprint density at radius 3 is 2.40 bits per heavy atom. The molecular weight excluding hydrogens is 156 g/mol. The Morgan fingerprint density at radius 1 is 1.60 bits per heavy atom. The molecule has 0 atom stereocenters. The number of urea groups is 1. The van der Waals surface area contributed by atoms with E-state index in [1.54, 1.807) is 5.43 Å². The summed E-state index contributed by atoms with van der Waals surface area (Å²) in [6.07, 6.45) is 0. The van der Waals surface area contributed by atoms with Gasteiger partial charge in [-0.25, -0.2) is 16.5 Å². The van der Waals surface area contributed by atoms with E-state index >= 15 is 0 Å². The van der Waals surface area contributed by atoms with Crippen molar-refractivity contribution in [3.63, 3.8) is 0 Å². The summed E-state index contributed by atoms with van der Waals surface area (Å²) in [5.74, 6) is 9.69. The lowest BCUT2D eigenvalue weighted by molar-refractivity contribution is 0.188. The Kier molecular flexibility index (Phi) is 3.39. The van der Waals surface area contributed by atoms with Crippen LogP contribution >= 0.6 is 12.2 Å². The Bertz CT molecular complexity index is 147. The summed E-state index contributed by atoms with van der Waals surface area (Å²) < 4.78 is 0. The number of nitrogens with one attached hydrogen (secondary N) is 2. The van der Waals surface area contributed by atoms with Crippen molar-refractivity contribution in [3.8, 4) is 0 Å². The van der Waals surface area contributed by atoms with Crippen molar-refractivity contribution in [1.82, 2.24) is 16.0 Å². The molecule has 0 aliphatic rings. The third-order valence-electron chi connectivity index (χ3n) is 0.573. The fourth-order valence-electron chi connectivity index (χ4n) is 0.239. The van der Waals surface area contributed by atoms with Gasteiger partial charge in [0.25, 0.3) is 0 Å². The first-order chi connectivity index (χ1) is 4.57. The summed E-state index contributed by atoms with van der Waals surface area (Å²) in [5, 5.41) is 0.411. The number of carbonyl (C=O) groups is 1. The van der Waals surface area contributed by atoms with Gasteiger partial charge in [0.1, 0.15) is 0 Å². The zero-order chi connectivity index (χ0) is 8.15. The van der Waals surface area contributed by atoms with E-state index in [1.165, 1.54) is 0 Å². The second-order valence-corrected chi connectivity index (χ2v) is 1.74. The highest BCUT2D eigenvalue weighted by Crippen LogP contribution is 1.69. The van der Waals surface area contributed by atoms with Crippen LogP contribution in [0.5, 0.6) is 0 Å². The zero-order valence-electron chi connectivity index (χ0n) is 5.00. The molecule has 0 heterocycles. The minimum atomic E-state index is -0.743. The number of amides is 2. The minimum absolute atomic E-state index is 0.119. The average molecular weight is 164 g/mol. The maximum Gasteiger partial charge on any atom is 0.365 e. The lowest BCUT2D eigenvalue weighted by atomic mass is 11.0. The van der Waals surface area contributed by atoms with Crippen molar-refractivity contribution in [2.75, 3.05) is 0 Å². The van der Waals surface area contributed by atoms with Crippen LogP contribution in [0.2, 0.25) is 0 Å². The molecule has 0 aromatic rings. The first kappa shape index (κ1) is 8.88. The van der Waals surface area contributed by atoms with Gasteiger partial charge in [-0.05, 0) is 12.2 Å². The van der Waals surface area contributed by atoms with Crippen LogP contribution in [0.1, 0.15) is 0 Å². The van der Waals surface area contributed by atoms with Crippen LogP contribution in [0.25, 0.3) is 0 Å². The van der Waals surface area contributed by atoms with E-state index < -0.39 is 6.03 Å². The van der Waals surface area contributed by atoms with Crippen LogP contribution < -0.4 is 28.3 Å². The molecule has 58 valence electrons. The van der Waals surface area contributed by atoms with Crippen molar-refractivity contribution in [3.05, 3.63) is 0 Å². The molecule has 0 aromatic heterocycles. The molecule has 8 N–H and O–H groups in total. The molecule has 0 radical (unpaired) electrons. The minimum Gasteiger partial charge on any atom is -0.375 e. The van der Waals surface area contributed by atoms with E-state index in [0.29, 0.717) is 5.12 Å². The van der Waals surface area contributed by atoms with E-state index in [9.17, 15) is 4.79 Å². The topological polar surface area (TPSA) is 122 Å². The number of thiocarbonyl (C=S) groups is 1. The number of carbonyl (C=O) groups excluding carboxylic acids is 1. The monoisotopic (exact) mass is 164 g/mol. The van der Waals surface area contributed by atoms with Gasteiger partial charge in [-0.15, -0.1) is 0 Å². The molecule has 8 heteroatoms. The van der Waals surface area contributed by atoms with Crippen LogP contribution in [-0.4, -0.2) is 16.3 Å². The fraction of sp³-hybridized carbons (Fsp3) is 0. The second-order valence-electron chi connectivity index (χ2n) is 1.30. The molecule has 0 aromatic carbocycles. The first-order valence-corrected chi connectivity index (χ1v) is 2.60. The molecule has 0 spiro atoms. The van der Waals surface area contributed by atoms with Crippen molar-refractivity contribution in [2.24, 2.45) is 17.4 Å². The normalized spacial score (nSPS) is 8.20. The maximum absolute atomic E-state index is 10.4. The van der Waals surface area contributed by atoms with Crippen LogP contribution in [0, 0.1) is 0 Å². The maximum atomic E-state index is 10.4. The van der Waals surface area contributed by atoms with Gasteiger partial charge in [-0.2, -0.15) is 5.12 Å². The van der Waals surface area contributed by atoms with Gasteiger partial charge in [0.15, 0.2) is 5.11 Å². The highest BCUT2D eigenvalue weighted by Gasteiger charge is 2.05. The molecule has 0 rings (SSSR count). The largest absolute Gasteiger partial charge is 0.375 e. The van der Waals surface area contributed by atoms with Gasteiger partial charge < -0.3 is 5.73 Å². The second kappa shape index (κ2) is 3.82. The van der Waals surface area contributed by atoms with Gasteiger partial charge in [0.05, 0.1) is 0 Å². The van der Waals surface area contributed by atoms with Crippen molar-refractivity contribution in [1.29, 1.82) is 0 Å². The Morgan fingerprint density at radius 2 is 2.10 bits per heavy atom. The molecule has 0 unspecified atom stereocenters. The molecule has 10 heavy (non-hydrogen) atoms. The molecule has 2 amide bonds. The van der Waals surface area contributed by atoms with Crippen LogP contribution in [0.4, 0.5) is 4.79 Å². The van der Waals surface area contributed by atoms with Crippen molar-refractivity contribution in [2.45, 2.75) is 0 Å². The summed E-state index contributed by atoms with van der Waals surface area (Å²) >= 11 is 4.36. The van der Waals surface area contributed by atoms with Crippen LogP contribution in [0.3, 0.4) is 0 Å². The first-order valence-electron chi connectivity index (χ1n) is 2.19. The number of nitrogens with zero attached hydrogens (tertiary/aromatic N) is 1. The highest BCUT2D eigenvalue weighted by atomic mass is 32.1. The van der Waals surface area contributed by atoms with E-state index in [-0.39, 0.29) is 5.11 Å². The summed E-state index contributed by atoms with van der Waals surface area (Å²) in [5.41, 5.74) is 8.84. The number of nitrogens with two attached hydrogens (primary N) is 3. The van der Waals surface area contributed by atoms with E-state index in [4.69, 9.17) is 17.4 Å². The summed E-state index contributed by atoms with van der Waals surface area (Å²) in [6, 6.07) is -0.743. The highest BCUT2D eigenvalue weighted by molar-refractivity contribution is 7.80. The Labute approximate surface area is 62.4 Å². The van der Waals surface area contributed by atoms with Gasteiger partial charge in [0, 0.05) is 0 Å². The number of hydrogen-bond donors (Lipinski definition) is 5. The smallest absolute Gasteiger partial charge is 0.365 e. The van der Waals surface area contributed by atoms with E-state index in [0.717, 1.165) is 0 Å². The van der Waals surface area contributed by atoms with Crippen molar-refractivity contribution < 1.29 is 4.79 Å². The molecule has 0 bridgehead atoms. The molecule has 0 fully saturated rings. The third-order valence-corrected chi connectivity index (χ3v) is 0.664. The molecule has 0 saturated heterocycles. The molecule has 7 nitrogen and oxygen atoms in total. The van der Waals surface area contributed by atoms with Crippen molar-refractivity contribution >= 4 is 23.4 Å².